The van der Waals surface area contributed by atoms with Gasteiger partial charge in [-0.3, -0.25) is 0 Å². The van der Waals surface area contributed by atoms with Crippen molar-refractivity contribution in [2.45, 2.75) is 13.0 Å². The van der Waals surface area contributed by atoms with Gasteiger partial charge in [-0.1, -0.05) is 6.92 Å². The number of fused-ring (bicyclic) bond motifs is 1. The van der Waals surface area contributed by atoms with Gasteiger partial charge in [0.05, 0.1) is 6.04 Å². The lowest BCUT2D eigenvalue weighted by Gasteiger charge is -2.08. The Hall–Kier alpha value is -1.16. The van der Waals surface area contributed by atoms with Crippen LogP contribution >= 0.6 is 0 Å². The molecular formula is C10H11F2NO. The monoisotopic (exact) mass is 199 g/mol. The Balaban J connectivity index is 2.38. The first-order valence-corrected chi connectivity index (χ1v) is 4.57. The van der Waals surface area contributed by atoms with E-state index in [0.717, 1.165) is 12.6 Å². The molecule has 1 unspecified atom stereocenters. The Morgan fingerprint density at radius 2 is 2.29 bits per heavy atom. The van der Waals surface area contributed by atoms with Gasteiger partial charge in [-0.2, -0.15) is 0 Å². The molecule has 1 N–H and O–H groups in total. The van der Waals surface area contributed by atoms with Crippen LogP contribution in [0.1, 0.15) is 18.5 Å². The molecule has 1 aromatic rings. The predicted molar refractivity (Wildman–Crippen MR) is 48.3 cm³/mol. The number of hydrogen-bond acceptors (Lipinski definition) is 2. The van der Waals surface area contributed by atoms with E-state index in [-0.39, 0.29) is 11.8 Å². The molecule has 4 heteroatoms. The van der Waals surface area contributed by atoms with Gasteiger partial charge in [0, 0.05) is 11.6 Å². The van der Waals surface area contributed by atoms with Gasteiger partial charge in [0.15, 0.2) is 11.6 Å². The van der Waals surface area contributed by atoms with E-state index in [4.69, 9.17) is 4.74 Å². The topological polar surface area (TPSA) is 21.3 Å². The third-order valence-electron chi connectivity index (χ3n) is 2.26. The van der Waals surface area contributed by atoms with E-state index in [1.54, 1.807) is 0 Å². The minimum atomic E-state index is -0.625. The Bertz CT molecular complexity index is 354. The van der Waals surface area contributed by atoms with Crippen molar-refractivity contribution in [3.05, 3.63) is 29.3 Å². The Kier molecular flexibility index (Phi) is 2.37. The summed E-state index contributed by atoms with van der Waals surface area (Å²) in [6.07, 6.45) is 0. The molecule has 0 bridgehead atoms. The van der Waals surface area contributed by atoms with Crippen LogP contribution in [0.25, 0.3) is 0 Å². The number of halogens is 2. The first-order chi connectivity index (χ1) is 6.72. The summed E-state index contributed by atoms with van der Waals surface area (Å²) in [5, 5.41) is 3.10. The highest BCUT2D eigenvalue weighted by molar-refractivity contribution is 5.41. The van der Waals surface area contributed by atoms with Gasteiger partial charge in [-0.05, 0) is 12.6 Å². The first-order valence-electron chi connectivity index (χ1n) is 4.57. The van der Waals surface area contributed by atoms with E-state index in [0.29, 0.717) is 12.2 Å². The van der Waals surface area contributed by atoms with Crippen LogP contribution in [-0.2, 0) is 0 Å². The maximum atomic E-state index is 13.2. The molecule has 0 amide bonds. The number of ether oxygens (including phenoxy) is 1. The summed E-state index contributed by atoms with van der Waals surface area (Å²) in [5.74, 6) is -1.01. The quantitative estimate of drug-likeness (QED) is 0.786. The summed E-state index contributed by atoms with van der Waals surface area (Å²) < 4.78 is 31.2. The van der Waals surface area contributed by atoms with Crippen LogP contribution in [-0.4, -0.2) is 13.2 Å². The summed E-state index contributed by atoms with van der Waals surface area (Å²) in [4.78, 5) is 0. The molecule has 0 spiro atoms. The highest BCUT2D eigenvalue weighted by atomic mass is 19.1. The summed E-state index contributed by atoms with van der Waals surface area (Å²) in [6, 6.07) is 2.06. The molecule has 2 rings (SSSR count). The Labute approximate surface area is 80.9 Å². The van der Waals surface area contributed by atoms with Gasteiger partial charge in [-0.25, -0.2) is 8.78 Å². The minimum Gasteiger partial charge on any atom is -0.488 e. The molecular weight excluding hydrogens is 188 g/mol. The molecule has 0 saturated heterocycles. The molecule has 14 heavy (non-hydrogen) atoms. The maximum absolute atomic E-state index is 13.2. The fraction of sp³-hybridized carbons (Fsp3) is 0.400. The normalized spacial score (nSPS) is 19.2. The third-order valence-corrected chi connectivity index (χ3v) is 2.26. The second kappa shape index (κ2) is 3.53. The van der Waals surface area contributed by atoms with Crippen LogP contribution in [0, 0.1) is 11.6 Å². The van der Waals surface area contributed by atoms with Crippen molar-refractivity contribution in [2.24, 2.45) is 0 Å². The summed E-state index contributed by atoms with van der Waals surface area (Å²) in [5.41, 5.74) is 0.573. The van der Waals surface area contributed by atoms with Crippen molar-refractivity contribution in [3.63, 3.8) is 0 Å². The third kappa shape index (κ3) is 1.46. The highest BCUT2D eigenvalue weighted by Crippen LogP contribution is 2.35. The molecule has 1 atom stereocenters. The van der Waals surface area contributed by atoms with Gasteiger partial charge in [-0.15, -0.1) is 0 Å². The molecule has 0 radical (unpaired) electrons. The summed E-state index contributed by atoms with van der Waals surface area (Å²) in [6.45, 7) is 3.04. The van der Waals surface area contributed by atoms with Crippen molar-refractivity contribution in [1.82, 2.24) is 5.32 Å². The van der Waals surface area contributed by atoms with Gasteiger partial charge in [0.2, 0.25) is 0 Å². The molecule has 0 aromatic heterocycles. The van der Waals surface area contributed by atoms with E-state index in [1.165, 1.54) is 6.07 Å². The van der Waals surface area contributed by atoms with Crippen molar-refractivity contribution in [2.75, 3.05) is 13.2 Å². The van der Waals surface area contributed by atoms with E-state index in [2.05, 4.69) is 5.32 Å². The maximum Gasteiger partial charge on any atom is 0.168 e. The second-order valence-corrected chi connectivity index (χ2v) is 3.23. The van der Waals surface area contributed by atoms with E-state index in [1.807, 2.05) is 6.92 Å². The van der Waals surface area contributed by atoms with Gasteiger partial charge >= 0.3 is 0 Å². The van der Waals surface area contributed by atoms with Gasteiger partial charge < -0.3 is 10.1 Å². The van der Waals surface area contributed by atoms with E-state index in [9.17, 15) is 8.78 Å². The zero-order valence-electron chi connectivity index (χ0n) is 7.81. The molecule has 1 aliphatic heterocycles. The predicted octanol–water partition coefficient (Wildman–Crippen LogP) is 2.01. The fourth-order valence-corrected chi connectivity index (χ4v) is 1.66. The molecule has 0 aliphatic carbocycles. The molecule has 0 fully saturated rings. The molecule has 2 nitrogen and oxygen atoms in total. The van der Waals surface area contributed by atoms with Crippen molar-refractivity contribution in [3.8, 4) is 5.75 Å². The summed E-state index contributed by atoms with van der Waals surface area (Å²) in [7, 11) is 0. The smallest absolute Gasteiger partial charge is 0.168 e. The van der Waals surface area contributed by atoms with E-state index >= 15 is 0 Å². The first kappa shape index (κ1) is 9.40. The lowest BCUT2D eigenvalue weighted by Crippen LogP contribution is -2.21. The van der Waals surface area contributed by atoms with Crippen LogP contribution in [0.2, 0.25) is 0 Å². The van der Waals surface area contributed by atoms with Crippen molar-refractivity contribution >= 4 is 0 Å². The van der Waals surface area contributed by atoms with Crippen LogP contribution in [0.3, 0.4) is 0 Å². The fourth-order valence-electron chi connectivity index (χ4n) is 1.66. The zero-order chi connectivity index (χ0) is 10.1. The summed E-state index contributed by atoms with van der Waals surface area (Å²) >= 11 is 0. The number of rotatable bonds is 2. The number of nitrogens with one attached hydrogen (secondary N) is 1. The van der Waals surface area contributed by atoms with Gasteiger partial charge in [0.25, 0.3) is 0 Å². The standard InChI is InChI=1S/C10H11F2NO/c1-2-13-9-5-14-10-7(9)3-6(11)4-8(10)12/h3-4,9,13H,2,5H2,1H3. The van der Waals surface area contributed by atoms with E-state index < -0.39 is 11.6 Å². The van der Waals surface area contributed by atoms with Crippen LogP contribution in [0.5, 0.6) is 5.75 Å². The molecule has 1 aliphatic rings. The Morgan fingerprint density at radius 1 is 1.50 bits per heavy atom. The molecule has 76 valence electrons. The van der Waals surface area contributed by atoms with Crippen LogP contribution < -0.4 is 10.1 Å². The molecule has 1 heterocycles. The lowest BCUT2D eigenvalue weighted by molar-refractivity contribution is 0.302. The Morgan fingerprint density at radius 3 is 3.00 bits per heavy atom. The number of hydrogen-bond donors (Lipinski definition) is 1. The van der Waals surface area contributed by atoms with Crippen LogP contribution in [0.15, 0.2) is 12.1 Å². The molecule has 0 saturated carbocycles. The van der Waals surface area contributed by atoms with Crippen molar-refractivity contribution < 1.29 is 13.5 Å². The average Bonchev–Trinajstić information content (AvgIpc) is 2.49. The SMILES string of the molecule is CCNC1COc2c(F)cc(F)cc21. The number of benzene rings is 1. The minimum absolute atomic E-state index is 0.0970. The second-order valence-electron chi connectivity index (χ2n) is 3.23. The van der Waals surface area contributed by atoms with Gasteiger partial charge in [0.1, 0.15) is 12.4 Å². The lowest BCUT2D eigenvalue weighted by atomic mass is 10.1. The van der Waals surface area contributed by atoms with Crippen molar-refractivity contribution in [1.29, 1.82) is 0 Å². The number of likely N-dealkylation sites (N-methyl/N-ethyl adjacent to an activating group) is 1. The highest BCUT2D eigenvalue weighted by Gasteiger charge is 2.27. The average molecular weight is 199 g/mol. The molecule has 1 aromatic carbocycles. The van der Waals surface area contributed by atoms with Crippen LogP contribution in [0.4, 0.5) is 8.78 Å². The zero-order valence-corrected chi connectivity index (χ0v) is 7.81. The largest absolute Gasteiger partial charge is 0.488 e.